The predicted molar refractivity (Wildman–Crippen MR) is 149 cm³/mol. The summed E-state index contributed by atoms with van der Waals surface area (Å²) in [6.45, 7) is 12.7. The third-order valence-corrected chi connectivity index (χ3v) is 6.67. The third-order valence-electron chi connectivity index (χ3n) is 6.67. The van der Waals surface area contributed by atoms with Crippen LogP contribution in [0, 0.1) is 23.7 Å². The topological polar surface area (TPSA) is 154 Å². The normalized spacial score (nSPS) is 15.3. The molecule has 0 aliphatic rings. The number of nitrogens with one attached hydrogen (secondary N) is 3. The Labute approximate surface area is 232 Å². The first-order chi connectivity index (χ1) is 18.2. The molecule has 1 aromatic rings. The van der Waals surface area contributed by atoms with E-state index in [-0.39, 0.29) is 41.9 Å². The largest absolute Gasteiger partial charge is 0.467 e. The number of carbonyl (C=O) groups is 4. The van der Waals surface area contributed by atoms with E-state index in [4.69, 9.17) is 4.74 Å². The zero-order valence-electron chi connectivity index (χ0n) is 24.5. The Morgan fingerprint density at radius 1 is 0.821 bits per heavy atom. The molecule has 0 fully saturated rings. The van der Waals surface area contributed by atoms with E-state index in [0.29, 0.717) is 6.42 Å². The molecule has 5 atom stereocenters. The first-order valence-corrected chi connectivity index (χ1v) is 13.6. The van der Waals surface area contributed by atoms with Crippen LogP contribution in [-0.2, 0) is 14.3 Å². The van der Waals surface area contributed by atoms with E-state index in [9.17, 15) is 29.4 Å². The van der Waals surface area contributed by atoms with Gasteiger partial charge in [0, 0.05) is 17.0 Å². The quantitative estimate of drug-likeness (QED) is 0.210. The summed E-state index contributed by atoms with van der Waals surface area (Å²) in [6, 6.07) is 4.36. The summed E-state index contributed by atoms with van der Waals surface area (Å²) in [7, 11) is 1.26. The van der Waals surface area contributed by atoms with Crippen molar-refractivity contribution in [1.29, 1.82) is 0 Å². The Hall–Kier alpha value is -2.98. The van der Waals surface area contributed by atoms with Crippen molar-refractivity contribution in [3.63, 3.8) is 0 Å². The van der Waals surface area contributed by atoms with Crippen LogP contribution < -0.4 is 16.0 Å². The average Bonchev–Trinajstić information content (AvgIpc) is 2.88. The number of esters is 1. The molecule has 0 saturated carbocycles. The van der Waals surface area contributed by atoms with Crippen molar-refractivity contribution in [3.05, 3.63) is 35.4 Å². The number of rotatable bonds is 15. The Morgan fingerprint density at radius 3 is 1.79 bits per heavy atom. The van der Waals surface area contributed by atoms with Gasteiger partial charge in [-0.15, -0.1) is 0 Å². The Kier molecular flexibility index (Phi) is 14.1. The highest BCUT2D eigenvalue weighted by Gasteiger charge is 2.30. The van der Waals surface area contributed by atoms with Gasteiger partial charge in [-0.2, -0.15) is 0 Å². The number of aliphatic hydroxyl groups is 2. The summed E-state index contributed by atoms with van der Waals surface area (Å²) in [5, 5.41) is 28.9. The first-order valence-electron chi connectivity index (χ1n) is 13.6. The molecule has 0 saturated heterocycles. The third kappa shape index (κ3) is 11.0. The molecule has 5 N–H and O–H groups in total. The number of hydrogen-bond acceptors (Lipinski definition) is 7. The van der Waals surface area contributed by atoms with Crippen LogP contribution in [0.3, 0.4) is 0 Å². The molecule has 10 nitrogen and oxygen atoms in total. The van der Waals surface area contributed by atoms with E-state index in [0.717, 1.165) is 0 Å². The number of benzene rings is 1. The fourth-order valence-corrected chi connectivity index (χ4v) is 4.10. The Balaban J connectivity index is 2.97. The van der Waals surface area contributed by atoms with Gasteiger partial charge in [-0.1, -0.05) is 54.5 Å². The molecule has 220 valence electrons. The van der Waals surface area contributed by atoms with Crippen molar-refractivity contribution in [1.82, 2.24) is 16.0 Å². The minimum atomic E-state index is -1.03. The molecule has 0 heterocycles. The van der Waals surface area contributed by atoms with E-state index < -0.39 is 53.8 Å². The van der Waals surface area contributed by atoms with Crippen molar-refractivity contribution in [2.24, 2.45) is 23.7 Å². The number of amides is 3. The lowest BCUT2D eigenvalue weighted by atomic mass is 9.91. The second kappa shape index (κ2) is 16.2. The fraction of sp³-hybridized carbons (Fsp3) is 0.655. The van der Waals surface area contributed by atoms with Crippen LogP contribution in [0.4, 0.5) is 0 Å². The van der Waals surface area contributed by atoms with Crippen LogP contribution in [0.25, 0.3) is 0 Å². The second-order valence-electron chi connectivity index (χ2n) is 11.3. The van der Waals surface area contributed by atoms with Crippen LogP contribution in [0.5, 0.6) is 0 Å². The van der Waals surface area contributed by atoms with Crippen molar-refractivity contribution in [3.8, 4) is 0 Å². The molecule has 0 aromatic heterocycles. The van der Waals surface area contributed by atoms with Gasteiger partial charge in [0.1, 0.15) is 6.04 Å². The molecule has 3 amide bonds. The molecule has 1 rings (SSSR count). The lowest BCUT2D eigenvalue weighted by molar-refractivity contribution is -0.147. The summed E-state index contributed by atoms with van der Waals surface area (Å²) in [6.07, 6.45) is -0.504. The summed E-state index contributed by atoms with van der Waals surface area (Å²) >= 11 is 0. The van der Waals surface area contributed by atoms with Gasteiger partial charge in [0.05, 0.1) is 31.9 Å². The number of ether oxygens (including phenoxy) is 1. The molecule has 0 aliphatic heterocycles. The van der Waals surface area contributed by atoms with E-state index in [1.54, 1.807) is 39.0 Å². The van der Waals surface area contributed by atoms with Gasteiger partial charge in [-0.3, -0.25) is 14.4 Å². The maximum atomic E-state index is 13.1. The second-order valence-corrected chi connectivity index (χ2v) is 11.3. The first kappa shape index (κ1) is 34.0. The standard InChI is InChI=1S/C29H47N3O7/c1-16(2)12-22(24(34)13-19(7)26(35)32-25(18(5)6)29(38)39-8)30-27(36)20-10-9-11-21(14-20)28(37)31-23(15-33)17(3)4/h9-11,14,16-19,22-25,33-34H,12-13,15H2,1-8H3,(H,30,36)(H,31,37)(H,32,35)/t19-,22+,23-,24?,25+/m1/s1. The highest BCUT2D eigenvalue weighted by molar-refractivity contribution is 5.99. The summed E-state index contributed by atoms with van der Waals surface area (Å²) in [5.74, 6) is -2.43. The van der Waals surface area contributed by atoms with Gasteiger partial charge in [0.15, 0.2) is 0 Å². The van der Waals surface area contributed by atoms with E-state index in [1.165, 1.54) is 13.2 Å². The molecule has 0 spiro atoms. The van der Waals surface area contributed by atoms with E-state index in [1.807, 2.05) is 27.7 Å². The van der Waals surface area contributed by atoms with Gasteiger partial charge in [0.2, 0.25) is 5.91 Å². The van der Waals surface area contributed by atoms with Crippen molar-refractivity contribution in [2.45, 2.75) is 85.5 Å². The lowest BCUT2D eigenvalue weighted by Gasteiger charge is -2.28. The maximum absolute atomic E-state index is 13.1. The van der Waals surface area contributed by atoms with Crippen molar-refractivity contribution >= 4 is 23.7 Å². The van der Waals surface area contributed by atoms with E-state index >= 15 is 0 Å². The minimum absolute atomic E-state index is 0.0323. The SMILES string of the molecule is COC(=O)[C@@H](NC(=O)[C@H](C)CC(O)[C@H](CC(C)C)NC(=O)c1cccc(C(=O)N[C@H](CO)C(C)C)c1)C(C)C. The zero-order valence-corrected chi connectivity index (χ0v) is 24.5. The molecule has 0 radical (unpaired) electrons. The summed E-state index contributed by atoms with van der Waals surface area (Å²) in [5.41, 5.74) is 0.524. The average molecular weight is 550 g/mol. The number of aliphatic hydroxyl groups excluding tert-OH is 2. The van der Waals surface area contributed by atoms with Crippen molar-refractivity contribution < 1.29 is 34.1 Å². The Bertz CT molecular complexity index is 964. The van der Waals surface area contributed by atoms with Crippen LogP contribution in [0.1, 0.15) is 82.0 Å². The molecular weight excluding hydrogens is 502 g/mol. The van der Waals surface area contributed by atoms with Gasteiger partial charge < -0.3 is 30.9 Å². The highest BCUT2D eigenvalue weighted by Crippen LogP contribution is 2.18. The summed E-state index contributed by atoms with van der Waals surface area (Å²) < 4.78 is 4.77. The monoisotopic (exact) mass is 549 g/mol. The molecule has 0 bridgehead atoms. The van der Waals surface area contributed by atoms with Crippen LogP contribution in [0.15, 0.2) is 24.3 Å². The lowest BCUT2D eigenvalue weighted by Crippen LogP contribution is -2.49. The number of carbonyl (C=O) groups excluding carboxylic acids is 4. The zero-order chi connectivity index (χ0) is 29.9. The minimum Gasteiger partial charge on any atom is -0.467 e. The van der Waals surface area contributed by atoms with Crippen molar-refractivity contribution in [2.75, 3.05) is 13.7 Å². The van der Waals surface area contributed by atoms with Gasteiger partial charge in [0.25, 0.3) is 11.8 Å². The van der Waals surface area contributed by atoms with Gasteiger partial charge >= 0.3 is 5.97 Å². The van der Waals surface area contributed by atoms with Crippen LogP contribution in [0.2, 0.25) is 0 Å². The fourth-order valence-electron chi connectivity index (χ4n) is 4.10. The maximum Gasteiger partial charge on any atom is 0.328 e. The van der Waals surface area contributed by atoms with E-state index in [2.05, 4.69) is 16.0 Å². The van der Waals surface area contributed by atoms with Crippen LogP contribution >= 0.6 is 0 Å². The predicted octanol–water partition coefficient (Wildman–Crippen LogP) is 2.28. The van der Waals surface area contributed by atoms with Gasteiger partial charge in [-0.05, 0) is 48.8 Å². The molecule has 1 aromatic carbocycles. The molecule has 39 heavy (non-hydrogen) atoms. The highest BCUT2D eigenvalue weighted by atomic mass is 16.5. The Morgan fingerprint density at radius 2 is 1.36 bits per heavy atom. The van der Waals surface area contributed by atoms with Crippen LogP contribution in [-0.4, -0.2) is 71.9 Å². The molecule has 10 heteroatoms. The number of hydrogen-bond donors (Lipinski definition) is 5. The molecular formula is C29H47N3O7. The number of methoxy groups -OCH3 is 1. The summed E-state index contributed by atoms with van der Waals surface area (Å²) in [4.78, 5) is 50.6. The molecule has 0 aliphatic carbocycles. The molecule has 1 unspecified atom stereocenters. The smallest absolute Gasteiger partial charge is 0.328 e. The van der Waals surface area contributed by atoms with Gasteiger partial charge in [-0.25, -0.2) is 4.79 Å².